The molecule has 0 radical (unpaired) electrons. The molecule has 0 unspecified atom stereocenters. The highest BCUT2D eigenvalue weighted by Gasteiger charge is 2.07. The van der Waals surface area contributed by atoms with Crippen LogP contribution < -0.4 is 11.1 Å². The first-order chi connectivity index (χ1) is 9.56. The fraction of sp³-hybridized carbons (Fsp3) is 0.200. The highest BCUT2D eigenvalue weighted by atomic mass is 35.5. The quantitative estimate of drug-likeness (QED) is 0.671. The van der Waals surface area contributed by atoms with Gasteiger partial charge in [0.1, 0.15) is 5.15 Å². The summed E-state index contributed by atoms with van der Waals surface area (Å²) < 4.78 is 0. The van der Waals surface area contributed by atoms with E-state index in [1.807, 2.05) is 24.3 Å². The van der Waals surface area contributed by atoms with Gasteiger partial charge in [0.25, 0.3) is 0 Å². The van der Waals surface area contributed by atoms with Crippen LogP contribution in [0.2, 0.25) is 5.15 Å². The van der Waals surface area contributed by atoms with Crippen LogP contribution in [0.15, 0.2) is 36.4 Å². The van der Waals surface area contributed by atoms with E-state index in [0.29, 0.717) is 35.1 Å². The molecule has 3 N–H and O–H groups in total. The van der Waals surface area contributed by atoms with Gasteiger partial charge in [-0.05, 0) is 37.1 Å². The molecule has 1 aromatic heterocycles. The summed E-state index contributed by atoms with van der Waals surface area (Å²) in [6.45, 7) is 1.80. The summed E-state index contributed by atoms with van der Waals surface area (Å²) in [5, 5.41) is 3.24. The number of carbonyl (C=O) groups excluding carboxylic acids is 1. The van der Waals surface area contributed by atoms with E-state index in [4.69, 9.17) is 17.3 Å². The van der Waals surface area contributed by atoms with Gasteiger partial charge in [0.05, 0.1) is 11.4 Å². The number of aromatic nitrogens is 1. The lowest BCUT2D eigenvalue weighted by atomic mass is 10.1. The standard InChI is InChI=1S/C15H16ClN3O/c1-10-13(7-8-14(16)18-10)19-15(20)9-6-11-4-2-3-5-12(11)17/h2-5,7-8H,6,9,17H2,1H3,(H,19,20). The third-order valence-corrected chi connectivity index (χ3v) is 3.21. The van der Waals surface area contributed by atoms with Crippen molar-refractivity contribution in [1.29, 1.82) is 0 Å². The minimum absolute atomic E-state index is 0.0690. The second kappa shape index (κ2) is 6.39. The molecule has 0 fully saturated rings. The minimum Gasteiger partial charge on any atom is -0.399 e. The first-order valence-electron chi connectivity index (χ1n) is 6.32. The van der Waals surface area contributed by atoms with E-state index in [1.165, 1.54) is 0 Å². The van der Waals surface area contributed by atoms with Crippen molar-refractivity contribution in [3.63, 3.8) is 0 Å². The molecule has 20 heavy (non-hydrogen) atoms. The Morgan fingerprint density at radius 1 is 1.30 bits per heavy atom. The Hall–Kier alpha value is -2.07. The van der Waals surface area contributed by atoms with Gasteiger partial charge >= 0.3 is 0 Å². The van der Waals surface area contributed by atoms with Crippen LogP contribution in [0.3, 0.4) is 0 Å². The molecule has 104 valence electrons. The average molecular weight is 290 g/mol. The smallest absolute Gasteiger partial charge is 0.224 e. The fourth-order valence-corrected chi connectivity index (χ4v) is 2.08. The van der Waals surface area contributed by atoms with E-state index in [0.717, 1.165) is 5.56 Å². The number of amides is 1. The van der Waals surface area contributed by atoms with Crippen LogP contribution in [0.5, 0.6) is 0 Å². The predicted octanol–water partition coefficient (Wildman–Crippen LogP) is 3.20. The number of nitrogens with one attached hydrogen (secondary N) is 1. The molecule has 0 bridgehead atoms. The molecule has 0 atom stereocenters. The van der Waals surface area contributed by atoms with Crippen LogP contribution in [0.4, 0.5) is 11.4 Å². The van der Waals surface area contributed by atoms with Crippen molar-refractivity contribution >= 4 is 28.9 Å². The molecule has 5 heteroatoms. The summed E-state index contributed by atoms with van der Waals surface area (Å²) >= 11 is 5.77. The molecule has 1 amide bonds. The van der Waals surface area contributed by atoms with Crippen molar-refractivity contribution in [1.82, 2.24) is 4.98 Å². The van der Waals surface area contributed by atoms with E-state index in [2.05, 4.69) is 10.3 Å². The molecular weight excluding hydrogens is 274 g/mol. The molecule has 0 saturated heterocycles. The summed E-state index contributed by atoms with van der Waals surface area (Å²) in [5.74, 6) is -0.0690. The Morgan fingerprint density at radius 2 is 2.05 bits per heavy atom. The van der Waals surface area contributed by atoms with Crippen molar-refractivity contribution in [3.05, 3.63) is 52.8 Å². The maximum atomic E-state index is 11.9. The maximum absolute atomic E-state index is 11.9. The second-order valence-corrected chi connectivity index (χ2v) is 4.90. The summed E-state index contributed by atoms with van der Waals surface area (Å²) in [6, 6.07) is 11.0. The summed E-state index contributed by atoms with van der Waals surface area (Å²) in [7, 11) is 0. The number of hydrogen-bond acceptors (Lipinski definition) is 3. The maximum Gasteiger partial charge on any atom is 0.224 e. The Kier molecular flexibility index (Phi) is 4.58. The molecule has 0 aliphatic rings. The topological polar surface area (TPSA) is 68.0 Å². The summed E-state index contributed by atoms with van der Waals surface area (Å²) in [5.41, 5.74) is 8.92. The lowest BCUT2D eigenvalue weighted by Gasteiger charge is -2.08. The van der Waals surface area contributed by atoms with Crippen molar-refractivity contribution in [2.24, 2.45) is 0 Å². The fourth-order valence-electron chi connectivity index (χ4n) is 1.89. The van der Waals surface area contributed by atoms with Gasteiger partial charge in [-0.25, -0.2) is 4.98 Å². The number of benzene rings is 1. The van der Waals surface area contributed by atoms with Crippen molar-refractivity contribution in [3.8, 4) is 0 Å². The van der Waals surface area contributed by atoms with Gasteiger partial charge in [0, 0.05) is 12.1 Å². The minimum atomic E-state index is -0.0690. The normalized spacial score (nSPS) is 10.3. The number of para-hydroxylation sites is 1. The van der Waals surface area contributed by atoms with E-state index in [9.17, 15) is 4.79 Å². The number of hydrogen-bond donors (Lipinski definition) is 2. The SMILES string of the molecule is Cc1nc(Cl)ccc1NC(=O)CCc1ccccc1N. The van der Waals surface area contributed by atoms with Gasteiger partial charge in [-0.15, -0.1) is 0 Å². The van der Waals surface area contributed by atoms with Crippen LogP contribution in [0.1, 0.15) is 17.7 Å². The van der Waals surface area contributed by atoms with E-state index in [1.54, 1.807) is 19.1 Å². The largest absolute Gasteiger partial charge is 0.399 e. The van der Waals surface area contributed by atoms with Crippen LogP contribution >= 0.6 is 11.6 Å². The lowest BCUT2D eigenvalue weighted by Crippen LogP contribution is -2.14. The highest BCUT2D eigenvalue weighted by molar-refractivity contribution is 6.29. The van der Waals surface area contributed by atoms with Crippen LogP contribution in [0.25, 0.3) is 0 Å². The van der Waals surface area contributed by atoms with E-state index in [-0.39, 0.29) is 5.91 Å². The second-order valence-electron chi connectivity index (χ2n) is 4.51. The van der Waals surface area contributed by atoms with Gasteiger partial charge in [-0.3, -0.25) is 4.79 Å². The van der Waals surface area contributed by atoms with E-state index >= 15 is 0 Å². The molecule has 0 aliphatic carbocycles. The molecule has 4 nitrogen and oxygen atoms in total. The van der Waals surface area contributed by atoms with Gasteiger partial charge in [0.2, 0.25) is 5.91 Å². The zero-order chi connectivity index (χ0) is 14.5. The number of nitrogen functional groups attached to an aromatic ring is 1. The van der Waals surface area contributed by atoms with Gasteiger partial charge in [-0.2, -0.15) is 0 Å². The Labute approximate surface area is 123 Å². The van der Waals surface area contributed by atoms with Crippen molar-refractivity contribution in [2.45, 2.75) is 19.8 Å². The van der Waals surface area contributed by atoms with Gasteiger partial charge < -0.3 is 11.1 Å². The van der Waals surface area contributed by atoms with Crippen LogP contribution in [-0.4, -0.2) is 10.9 Å². The number of anilines is 2. The van der Waals surface area contributed by atoms with Crippen LogP contribution in [0, 0.1) is 6.92 Å². The first-order valence-corrected chi connectivity index (χ1v) is 6.70. The number of nitrogens with zero attached hydrogens (tertiary/aromatic N) is 1. The van der Waals surface area contributed by atoms with Crippen molar-refractivity contribution < 1.29 is 4.79 Å². The summed E-state index contributed by atoms with van der Waals surface area (Å²) in [4.78, 5) is 16.0. The molecular formula is C15H16ClN3O. The molecule has 0 saturated carbocycles. The van der Waals surface area contributed by atoms with Crippen LogP contribution in [-0.2, 0) is 11.2 Å². The number of carbonyl (C=O) groups is 1. The number of halogens is 1. The van der Waals surface area contributed by atoms with E-state index < -0.39 is 0 Å². The Bertz CT molecular complexity index is 628. The molecule has 1 heterocycles. The molecule has 2 aromatic rings. The number of aryl methyl sites for hydroxylation is 2. The van der Waals surface area contributed by atoms with Crippen molar-refractivity contribution in [2.75, 3.05) is 11.1 Å². The molecule has 2 rings (SSSR count). The zero-order valence-electron chi connectivity index (χ0n) is 11.2. The van der Waals surface area contributed by atoms with Gasteiger partial charge in [-0.1, -0.05) is 29.8 Å². The molecule has 1 aromatic carbocycles. The molecule has 0 spiro atoms. The predicted molar refractivity (Wildman–Crippen MR) is 81.8 cm³/mol. The Balaban J connectivity index is 1.94. The zero-order valence-corrected chi connectivity index (χ0v) is 11.9. The average Bonchev–Trinajstić information content (AvgIpc) is 2.41. The Morgan fingerprint density at radius 3 is 2.75 bits per heavy atom. The monoisotopic (exact) mass is 289 g/mol. The van der Waals surface area contributed by atoms with Gasteiger partial charge in [0.15, 0.2) is 0 Å². The number of rotatable bonds is 4. The third-order valence-electron chi connectivity index (χ3n) is 3.00. The molecule has 0 aliphatic heterocycles. The number of pyridine rings is 1. The first kappa shape index (κ1) is 14.3. The lowest BCUT2D eigenvalue weighted by molar-refractivity contribution is -0.116. The number of nitrogens with two attached hydrogens (primary N) is 1. The third kappa shape index (κ3) is 3.71. The highest BCUT2D eigenvalue weighted by Crippen LogP contribution is 2.17. The summed E-state index contributed by atoms with van der Waals surface area (Å²) in [6.07, 6.45) is 0.981.